The Labute approximate surface area is 138 Å². The Morgan fingerprint density at radius 1 is 1.29 bits per heavy atom. The fraction of sp³-hybridized carbons (Fsp3) is 0.538. The summed E-state index contributed by atoms with van der Waals surface area (Å²) in [6.07, 6.45) is -0.849. The average Bonchev–Trinajstić information content (AvgIpc) is 2.74. The van der Waals surface area contributed by atoms with E-state index >= 15 is 0 Å². The number of hydrogen-bond donors (Lipinski definition) is 4. The Balaban J connectivity index is 0. The van der Waals surface area contributed by atoms with Gasteiger partial charge in [0.05, 0.1) is 19.4 Å². The molecule has 0 aromatic heterocycles. The van der Waals surface area contributed by atoms with E-state index in [1.54, 1.807) is 18.9 Å². The maximum atomic E-state index is 10.6. The van der Waals surface area contributed by atoms with E-state index in [0.29, 0.717) is 6.54 Å². The second-order valence-corrected chi connectivity index (χ2v) is 4.28. The van der Waals surface area contributed by atoms with Crippen molar-refractivity contribution in [1.82, 2.24) is 10.2 Å². The van der Waals surface area contributed by atoms with Crippen molar-refractivity contribution < 1.29 is 38.9 Å². The van der Waals surface area contributed by atoms with Crippen LogP contribution in [-0.4, -0.2) is 70.9 Å². The number of nitrogens with zero attached hydrogens (tertiary/aromatic N) is 1. The van der Waals surface area contributed by atoms with Gasteiger partial charge in [0, 0.05) is 20.6 Å². The highest BCUT2D eigenvalue weighted by Gasteiger charge is 2.18. The number of nitrogens with one attached hydrogen (secondary N) is 2. The zero-order valence-corrected chi connectivity index (χ0v) is 13.6. The molecule has 1 heterocycles. The number of ketones is 1. The molecule has 0 spiro atoms. The third-order valence-electron chi connectivity index (χ3n) is 2.06. The van der Waals surface area contributed by atoms with Crippen molar-refractivity contribution in [3.8, 4) is 0 Å². The van der Waals surface area contributed by atoms with E-state index in [2.05, 4.69) is 10.1 Å². The van der Waals surface area contributed by atoms with Crippen LogP contribution in [0.25, 0.3) is 0 Å². The first-order valence-electron chi connectivity index (χ1n) is 6.72. The summed E-state index contributed by atoms with van der Waals surface area (Å²) < 4.78 is 3.97. The fourth-order valence-electron chi connectivity index (χ4n) is 0.997. The van der Waals surface area contributed by atoms with Gasteiger partial charge in [0.25, 0.3) is 0 Å². The number of aliphatic carboxylic acids is 1. The van der Waals surface area contributed by atoms with Crippen LogP contribution < -0.4 is 5.32 Å². The number of carboxylic acid groups (broad SMARTS) is 1. The third kappa shape index (κ3) is 12.9. The minimum Gasteiger partial charge on any atom is -0.481 e. The maximum absolute atomic E-state index is 10.6. The number of esters is 2. The highest BCUT2D eigenvalue weighted by atomic mass is 16.6. The number of carbonyl (C=O) groups excluding carboxylic acids is 4. The molecular formula is C13H21N3O8. The zero-order chi connectivity index (χ0) is 19.3. The predicted octanol–water partition coefficient (Wildman–Crippen LogP) is -1.51. The molecule has 11 heteroatoms. The second-order valence-electron chi connectivity index (χ2n) is 4.28. The van der Waals surface area contributed by atoms with Crippen molar-refractivity contribution in [3.05, 3.63) is 0 Å². The minimum atomic E-state index is -1.27. The summed E-state index contributed by atoms with van der Waals surface area (Å²) in [7, 11) is 1.69. The molecule has 0 atom stereocenters. The molecule has 0 aromatic rings. The van der Waals surface area contributed by atoms with E-state index < -0.39 is 36.5 Å². The van der Waals surface area contributed by atoms with Crippen LogP contribution in [0.1, 0.15) is 26.7 Å². The Morgan fingerprint density at radius 2 is 1.79 bits per heavy atom. The van der Waals surface area contributed by atoms with Crippen LogP contribution >= 0.6 is 0 Å². The normalized spacial score (nSPS) is 12.1. The number of amides is 1. The number of hydrogen-bond acceptors (Lipinski definition) is 8. The predicted molar refractivity (Wildman–Crippen MR) is 79.9 cm³/mol. The number of likely N-dealkylation sites (N-methyl/N-ethyl adjacent to an activating group) is 1. The zero-order valence-electron chi connectivity index (χ0n) is 13.6. The first-order valence-corrected chi connectivity index (χ1v) is 6.72. The van der Waals surface area contributed by atoms with Crippen molar-refractivity contribution in [2.45, 2.75) is 26.7 Å². The Hall–Kier alpha value is -2.82. The molecular weight excluding hydrogens is 326 g/mol. The summed E-state index contributed by atoms with van der Waals surface area (Å²) in [5.74, 6) is -4.26. The SMILES string of the molecule is CC(=O)C(=O)OC(=O)CCC(=O)O.CCO.CN1CC(=O)NC1=N. The van der Waals surface area contributed by atoms with Gasteiger partial charge in [-0.1, -0.05) is 0 Å². The summed E-state index contributed by atoms with van der Waals surface area (Å²) >= 11 is 0. The van der Waals surface area contributed by atoms with E-state index in [1.165, 1.54) is 0 Å². The van der Waals surface area contributed by atoms with Crippen LogP contribution in [0.2, 0.25) is 0 Å². The third-order valence-corrected chi connectivity index (χ3v) is 2.06. The molecule has 0 bridgehead atoms. The molecule has 0 radical (unpaired) electrons. The summed E-state index contributed by atoms with van der Waals surface area (Å²) in [6, 6.07) is 0. The van der Waals surface area contributed by atoms with Gasteiger partial charge in [0.1, 0.15) is 0 Å². The summed E-state index contributed by atoms with van der Waals surface area (Å²) in [4.78, 5) is 53.2. The number of aliphatic hydroxyl groups excluding tert-OH is 1. The highest BCUT2D eigenvalue weighted by molar-refractivity contribution is 6.34. The highest BCUT2D eigenvalue weighted by Crippen LogP contribution is 1.93. The van der Waals surface area contributed by atoms with E-state index in [-0.39, 0.29) is 18.5 Å². The molecule has 1 fully saturated rings. The molecule has 11 nitrogen and oxygen atoms in total. The largest absolute Gasteiger partial charge is 0.481 e. The number of carboxylic acids is 1. The van der Waals surface area contributed by atoms with Crippen molar-refractivity contribution in [2.75, 3.05) is 20.2 Å². The van der Waals surface area contributed by atoms with Crippen LogP contribution in [0.3, 0.4) is 0 Å². The van der Waals surface area contributed by atoms with Crippen molar-refractivity contribution in [2.24, 2.45) is 0 Å². The van der Waals surface area contributed by atoms with Gasteiger partial charge in [-0.2, -0.15) is 0 Å². The summed E-state index contributed by atoms with van der Waals surface area (Å²) in [5, 5.41) is 25.0. The topological polar surface area (TPSA) is 174 Å². The number of ether oxygens (including phenoxy) is 1. The molecule has 1 amide bonds. The van der Waals surface area contributed by atoms with E-state index in [4.69, 9.17) is 15.6 Å². The standard InChI is InChI=1S/C7H8O6.C4H7N3O.C2H6O/c1-4(8)7(12)13-6(11)3-2-5(9)10;1-7-2-3(8)6-4(7)5;1-2-3/h2-3H2,1H3,(H,9,10);2H2,1H3,(H2,5,6,8);3H,2H2,1H3. The Kier molecular flexibility index (Phi) is 12.4. The lowest BCUT2D eigenvalue weighted by Crippen LogP contribution is -2.25. The maximum Gasteiger partial charge on any atom is 0.381 e. The molecule has 1 saturated heterocycles. The molecule has 1 rings (SSSR count). The number of aliphatic hydroxyl groups is 1. The van der Waals surface area contributed by atoms with Crippen LogP contribution in [0.15, 0.2) is 0 Å². The monoisotopic (exact) mass is 347 g/mol. The van der Waals surface area contributed by atoms with Gasteiger partial charge in [-0.3, -0.25) is 29.9 Å². The molecule has 0 unspecified atom stereocenters. The van der Waals surface area contributed by atoms with Crippen LogP contribution in [0, 0.1) is 5.41 Å². The molecule has 1 aliphatic rings. The fourth-order valence-corrected chi connectivity index (χ4v) is 0.997. The molecule has 4 N–H and O–H groups in total. The average molecular weight is 347 g/mol. The summed E-state index contributed by atoms with van der Waals surface area (Å²) in [6.45, 7) is 3.20. The number of rotatable bonds is 4. The van der Waals surface area contributed by atoms with Crippen LogP contribution in [0.4, 0.5) is 0 Å². The van der Waals surface area contributed by atoms with Gasteiger partial charge >= 0.3 is 17.9 Å². The first kappa shape index (κ1) is 23.4. The summed E-state index contributed by atoms with van der Waals surface area (Å²) in [5.41, 5.74) is 0. The van der Waals surface area contributed by atoms with Gasteiger partial charge < -0.3 is 19.8 Å². The lowest BCUT2D eigenvalue weighted by molar-refractivity contribution is -0.164. The van der Waals surface area contributed by atoms with Crippen molar-refractivity contribution >= 4 is 35.6 Å². The second kappa shape index (κ2) is 12.7. The Morgan fingerprint density at radius 3 is 2.04 bits per heavy atom. The smallest absolute Gasteiger partial charge is 0.381 e. The van der Waals surface area contributed by atoms with Crippen molar-refractivity contribution in [3.63, 3.8) is 0 Å². The molecule has 0 aliphatic carbocycles. The molecule has 0 saturated carbocycles. The van der Waals surface area contributed by atoms with E-state index in [0.717, 1.165) is 6.92 Å². The molecule has 136 valence electrons. The molecule has 1 aliphatic heterocycles. The number of guanidine groups is 1. The van der Waals surface area contributed by atoms with Gasteiger partial charge in [-0.25, -0.2) is 4.79 Å². The van der Waals surface area contributed by atoms with Crippen molar-refractivity contribution in [1.29, 1.82) is 5.41 Å². The van der Waals surface area contributed by atoms with Crippen LogP contribution in [0.5, 0.6) is 0 Å². The quantitative estimate of drug-likeness (QED) is 0.268. The first-order chi connectivity index (χ1) is 11.0. The van der Waals surface area contributed by atoms with Gasteiger partial charge in [-0.05, 0) is 6.92 Å². The minimum absolute atomic E-state index is 0.0995. The van der Waals surface area contributed by atoms with Gasteiger partial charge in [-0.15, -0.1) is 0 Å². The molecule has 0 aromatic carbocycles. The van der Waals surface area contributed by atoms with Crippen LogP contribution in [-0.2, 0) is 28.7 Å². The van der Waals surface area contributed by atoms with Gasteiger partial charge in [0.2, 0.25) is 11.7 Å². The van der Waals surface area contributed by atoms with E-state index in [9.17, 15) is 24.0 Å². The molecule has 24 heavy (non-hydrogen) atoms. The van der Waals surface area contributed by atoms with E-state index in [1.807, 2.05) is 0 Å². The lowest BCUT2D eigenvalue weighted by Gasteiger charge is -2.03. The number of carbonyl (C=O) groups is 5. The lowest BCUT2D eigenvalue weighted by atomic mass is 10.3. The van der Waals surface area contributed by atoms with Gasteiger partial charge in [0.15, 0.2) is 5.96 Å². The number of Topliss-reactive ketones (excluding diaryl/α,β-unsaturated/α-hetero) is 1. The Bertz CT molecular complexity index is 503.